The average Bonchev–Trinajstić information content (AvgIpc) is 3.07. The van der Waals surface area contributed by atoms with E-state index in [4.69, 9.17) is 33.0 Å². The van der Waals surface area contributed by atoms with Crippen LogP contribution in [-0.4, -0.2) is 28.1 Å². The minimum Gasteiger partial charge on any atom is -0.481 e. The Labute approximate surface area is 172 Å². The first kappa shape index (κ1) is 18.9. The Morgan fingerprint density at radius 1 is 1.29 bits per heavy atom. The van der Waals surface area contributed by atoms with Crippen molar-refractivity contribution in [3.8, 4) is 5.75 Å². The quantitative estimate of drug-likeness (QED) is 0.645. The van der Waals surface area contributed by atoms with Crippen molar-refractivity contribution in [1.29, 1.82) is 0 Å². The van der Waals surface area contributed by atoms with E-state index in [1.54, 1.807) is 12.1 Å². The van der Waals surface area contributed by atoms with Gasteiger partial charge in [-0.3, -0.25) is 14.5 Å². The fourth-order valence-corrected chi connectivity index (χ4v) is 4.45. The second kappa shape index (κ2) is 7.20. The second-order valence-corrected chi connectivity index (χ2v) is 7.95. The van der Waals surface area contributed by atoms with Crippen molar-refractivity contribution in [2.45, 2.75) is 19.1 Å². The SMILES string of the molecule is O=C(O)CC1Oc2ccc(F)cc2N(Cc2nc3c(Cl)ccc(Cl)c3s2)C1=O. The van der Waals surface area contributed by atoms with Gasteiger partial charge in [-0.25, -0.2) is 9.37 Å². The number of ether oxygens (including phenoxy) is 1. The molecule has 0 aliphatic carbocycles. The van der Waals surface area contributed by atoms with Crippen LogP contribution in [0.15, 0.2) is 30.3 Å². The van der Waals surface area contributed by atoms with Gasteiger partial charge in [0.15, 0.2) is 6.10 Å². The Morgan fingerprint density at radius 3 is 2.75 bits per heavy atom. The molecule has 0 radical (unpaired) electrons. The van der Waals surface area contributed by atoms with Gasteiger partial charge in [0.2, 0.25) is 0 Å². The number of carboxylic acids is 1. The number of carboxylic acid groups (broad SMARTS) is 1. The fourth-order valence-electron chi connectivity index (χ4n) is 2.94. The van der Waals surface area contributed by atoms with Gasteiger partial charge in [0.1, 0.15) is 22.1 Å². The third kappa shape index (κ3) is 3.39. The van der Waals surface area contributed by atoms with Crippen LogP contribution < -0.4 is 9.64 Å². The van der Waals surface area contributed by atoms with E-state index < -0.39 is 30.2 Å². The monoisotopic (exact) mass is 440 g/mol. The maximum absolute atomic E-state index is 13.8. The summed E-state index contributed by atoms with van der Waals surface area (Å²) in [6.07, 6.45) is -1.72. The summed E-state index contributed by atoms with van der Waals surface area (Å²) in [7, 11) is 0. The summed E-state index contributed by atoms with van der Waals surface area (Å²) in [5.74, 6) is -2.09. The van der Waals surface area contributed by atoms with E-state index in [0.29, 0.717) is 25.3 Å². The number of aromatic nitrogens is 1. The van der Waals surface area contributed by atoms with Gasteiger partial charge in [-0.2, -0.15) is 0 Å². The van der Waals surface area contributed by atoms with Crippen LogP contribution in [0.3, 0.4) is 0 Å². The van der Waals surface area contributed by atoms with Gasteiger partial charge >= 0.3 is 5.97 Å². The van der Waals surface area contributed by atoms with Gasteiger partial charge in [0.25, 0.3) is 5.91 Å². The summed E-state index contributed by atoms with van der Waals surface area (Å²) in [4.78, 5) is 29.6. The zero-order valence-electron chi connectivity index (χ0n) is 14.0. The molecule has 0 saturated heterocycles. The molecular formula is C18H11Cl2FN2O4S. The Balaban J connectivity index is 1.76. The van der Waals surface area contributed by atoms with Crippen LogP contribution in [0.25, 0.3) is 10.2 Å². The number of rotatable bonds is 4. The molecule has 0 bridgehead atoms. The van der Waals surface area contributed by atoms with E-state index in [1.807, 2.05) is 0 Å². The number of hydrogen-bond donors (Lipinski definition) is 1. The first-order chi connectivity index (χ1) is 13.3. The van der Waals surface area contributed by atoms with Crippen molar-refractivity contribution in [1.82, 2.24) is 4.98 Å². The smallest absolute Gasteiger partial charge is 0.307 e. The Hall–Kier alpha value is -2.42. The molecule has 0 spiro atoms. The fraction of sp³-hybridized carbons (Fsp3) is 0.167. The van der Waals surface area contributed by atoms with Crippen LogP contribution in [0.2, 0.25) is 10.0 Å². The summed E-state index contributed by atoms with van der Waals surface area (Å²) < 4.78 is 19.9. The zero-order valence-corrected chi connectivity index (χ0v) is 16.3. The number of amides is 1. The first-order valence-corrected chi connectivity index (χ1v) is 9.63. The Kier molecular flexibility index (Phi) is 4.86. The van der Waals surface area contributed by atoms with E-state index in [-0.39, 0.29) is 18.0 Å². The van der Waals surface area contributed by atoms with Crippen molar-refractivity contribution in [3.63, 3.8) is 0 Å². The molecule has 1 amide bonds. The molecule has 144 valence electrons. The highest BCUT2D eigenvalue weighted by atomic mass is 35.5. The molecule has 2 aromatic carbocycles. The van der Waals surface area contributed by atoms with Crippen LogP contribution in [-0.2, 0) is 16.1 Å². The van der Waals surface area contributed by atoms with Crippen molar-refractivity contribution in [2.24, 2.45) is 0 Å². The van der Waals surface area contributed by atoms with Gasteiger partial charge in [-0.1, -0.05) is 23.2 Å². The zero-order chi connectivity index (χ0) is 20.0. The van der Waals surface area contributed by atoms with Crippen LogP contribution in [0.1, 0.15) is 11.4 Å². The third-order valence-corrected chi connectivity index (χ3v) is 5.97. The van der Waals surface area contributed by atoms with Gasteiger partial charge in [-0.05, 0) is 24.3 Å². The van der Waals surface area contributed by atoms with Gasteiger partial charge in [0.05, 0.1) is 33.4 Å². The first-order valence-electron chi connectivity index (χ1n) is 8.06. The number of fused-ring (bicyclic) bond motifs is 2. The average molecular weight is 441 g/mol. The lowest BCUT2D eigenvalue weighted by Crippen LogP contribution is -2.46. The Morgan fingerprint density at radius 2 is 2.04 bits per heavy atom. The molecule has 4 rings (SSSR count). The number of anilines is 1. The van der Waals surface area contributed by atoms with E-state index in [2.05, 4.69) is 4.98 Å². The molecular weight excluding hydrogens is 430 g/mol. The molecule has 1 aromatic heterocycles. The minimum absolute atomic E-state index is 0.000764. The maximum atomic E-state index is 13.8. The van der Waals surface area contributed by atoms with Crippen molar-refractivity contribution < 1.29 is 23.8 Å². The van der Waals surface area contributed by atoms with Crippen LogP contribution in [0.5, 0.6) is 5.75 Å². The normalized spacial score (nSPS) is 16.2. The number of carbonyl (C=O) groups excluding carboxylic acids is 1. The maximum Gasteiger partial charge on any atom is 0.307 e. The predicted octanol–water partition coefficient (Wildman–Crippen LogP) is 4.51. The Bertz CT molecular complexity index is 1080. The highest BCUT2D eigenvalue weighted by molar-refractivity contribution is 7.19. The van der Waals surface area contributed by atoms with Crippen LogP contribution in [0.4, 0.5) is 10.1 Å². The summed E-state index contributed by atoms with van der Waals surface area (Å²) in [6.45, 7) is 0.000764. The lowest BCUT2D eigenvalue weighted by Gasteiger charge is -2.33. The molecule has 28 heavy (non-hydrogen) atoms. The lowest BCUT2D eigenvalue weighted by atomic mass is 10.1. The van der Waals surface area contributed by atoms with Crippen molar-refractivity contribution >= 4 is 62.3 Å². The summed E-state index contributed by atoms with van der Waals surface area (Å²) in [5, 5.41) is 10.5. The van der Waals surface area contributed by atoms with E-state index >= 15 is 0 Å². The number of carbonyl (C=O) groups is 2. The molecule has 2 heterocycles. The lowest BCUT2D eigenvalue weighted by molar-refractivity contribution is -0.142. The van der Waals surface area contributed by atoms with E-state index in [0.717, 1.165) is 6.07 Å². The molecule has 10 heteroatoms. The third-order valence-electron chi connectivity index (χ3n) is 4.17. The highest BCUT2D eigenvalue weighted by Crippen LogP contribution is 2.39. The standard InChI is InChI=1S/C18H11Cl2FN2O4S/c19-9-2-3-10(20)17-16(9)22-14(28-17)7-23-11-5-8(21)1-4-12(11)27-13(18(23)26)6-15(24)25/h1-5,13H,6-7H2,(H,24,25). The molecule has 0 saturated carbocycles. The molecule has 6 nitrogen and oxygen atoms in total. The number of aliphatic carboxylic acids is 1. The van der Waals surface area contributed by atoms with E-state index in [1.165, 1.54) is 28.4 Å². The molecule has 1 unspecified atom stereocenters. The topological polar surface area (TPSA) is 79.7 Å². The molecule has 1 aliphatic rings. The van der Waals surface area contributed by atoms with Crippen LogP contribution >= 0.6 is 34.5 Å². The molecule has 0 fully saturated rings. The second-order valence-electron chi connectivity index (χ2n) is 6.06. The van der Waals surface area contributed by atoms with Crippen molar-refractivity contribution in [2.75, 3.05) is 4.90 Å². The van der Waals surface area contributed by atoms with Crippen LogP contribution in [0, 0.1) is 5.82 Å². The number of thiazole rings is 1. The predicted molar refractivity (Wildman–Crippen MR) is 104 cm³/mol. The molecule has 1 N–H and O–H groups in total. The van der Waals surface area contributed by atoms with Gasteiger partial charge in [0, 0.05) is 6.07 Å². The summed E-state index contributed by atoms with van der Waals surface area (Å²) in [6, 6.07) is 7.00. The van der Waals surface area contributed by atoms with Crippen molar-refractivity contribution in [3.05, 3.63) is 51.2 Å². The number of nitrogens with zero attached hydrogens (tertiary/aromatic N) is 2. The van der Waals surface area contributed by atoms with Gasteiger partial charge < -0.3 is 9.84 Å². The van der Waals surface area contributed by atoms with E-state index in [9.17, 15) is 14.0 Å². The number of halogens is 3. The highest BCUT2D eigenvalue weighted by Gasteiger charge is 2.36. The minimum atomic E-state index is -1.21. The summed E-state index contributed by atoms with van der Waals surface area (Å²) in [5.41, 5.74) is 0.722. The summed E-state index contributed by atoms with van der Waals surface area (Å²) >= 11 is 13.6. The molecule has 1 atom stereocenters. The number of hydrogen-bond acceptors (Lipinski definition) is 5. The number of benzene rings is 2. The molecule has 1 aliphatic heterocycles. The molecule has 3 aromatic rings. The van der Waals surface area contributed by atoms with Gasteiger partial charge in [-0.15, -0.1) is 11.3 Å². The largest absolute Gasteiger partial charge is 0.481 e.